The van der Waals surface area contributed by atoms with Gasteiger partial charge in [0, 0.05) is 18.7 Å². The molecule has 1 saturated heterocycles. The molecular formula is C14H19ClN2O3. The van der Waals surface area contributed by atoms with Crippen molar-refractivity contribution in [3.63, 3.8) is 0 Å². The Hall–Kier alpha value is -1.30. The van der Waals surface area contributed by atoms with Crippen LogP contribution in [0.2, 0.25) is 5.02 Å². The number of aliphatic hydroxyl groups excluding tert-OH is 1. The number of anilines is 1. The van der Waals surface area contributed by atoms with Gasteiger partial charge in [-0.25, -0.2) is 0 Å². The number of hydrogen-bond acceptors (Lipinski definition) is 4. The summed E-state index contributed by atoms with van der Waals surface area (Å²) < 4.78 is 5.69. The van der Waals surface area contributed by atoms with Crippen LogP contribution in [0.4, 0.5) is 5.69 Å². The first-order valence-electron chi connectivity index (χ1n) is 6.45. The molecule has 0 aliphatic carbocycles. The summed E-state index contributed by atoms with van der Waals surface area (Å²) in [6.07, 6.45) is -0.369. The zero-order chi connectivity index (χ0) is 14.9. The molecule has 1 atom stereocenters. The Morgan fingerprint density at radius 2 is 2.30 bits per heavy atom. The van der Waals surface area contributed by atoms with Gasteiger partial charge in [0.1, 0.15) is 0 Å². The molecule has 6 heteroatoms. The van der Waals surface area contributed by atoms with Crippen LogP contribution in [0.25, 0.3) is 0 Å². The van der Waals surface area contributed by atoms with Crippen LogP contribution in [0.3, 0.4) is 0 Å². The van der Waals surface area contributed by atoms with Crippen LogP contribution < -0.4 is 5.73 Å². The maximum Gasteiger partial charge on any atom is 0.254 e. The van der Waals surface area contributed by atoms with Crippen LogP contribution in [0.5, 0.6) is 0 Å². The van der Waals surface area contributed by atoms with Gasteiger partial charge in [0.15, 0.2) is 0 Å². The second-order valence-corrected chi connectivity index (χ2v) is 6.01. The Kier molecular flexibility index (Phi) is 4.22. The van der Waals surface area contributed by atoms with Gasteiger partial charge in [0.2, 0.25) is 0 Å². The van der Waals surface area contributed by atoms with E-state index in [0.717, 1.165) is 0 Å². The highest BCUT2D eigenvalue weighted by Gasteiger charge is 2.35. The van der Waals surface area contributed by atoms with E-state index in [2.05, 4.69) is 0 Å². The minimum atomic E-state index is -0.487. The maximum atomic E-state index is 12.5. The molecule has 0 spiro atoms. The van der Waals surface area contributed by atoms with E-state index in [0.29, 0.717) is 29.4 Å². The second kappa shape index (κ2) is 5.60. The molecule has 0 saturated carbocycles. The number of nitrogens with two attached hydrogens (primary N) is 1. The Balaban J connectivity index is 2.21. The molecule has 1 heterocycles. The number of nitrogens with zero attached hydrogens (tertiary/aromatic N) is 1. The smallest absolute Gasteiger partial charge is 0.254 e. The number of hydrogen-bond donors (Lipinski definition) is 2. The lowest BCUT2D eigenvalue weighted by atomic mass is 10.0. The maximum absolute atomic E-state index is 12.5. The van der Waals surface area contributed by atoms with E-state index in [4.69, 9.17) is 22.1 Å². The van der Waals surface area contributed by atoms with Crippen molar-refractivity contribution in [2.75, 3.05) is 25.4 Å². The van der Waals surface area contributed by atoms with Crippen molar-refractivity contribution in [3.05, 3.63) is 28.8 Å². The van der Waals surface area contributed by atoms with Gasteiger partial charge < -0.3 is 20.5 Å². The number of nitrogen functional groups attached to an aromatic ring is 1. The van der Waals surface area contributed by atoms with Crippen LogP contribution in [-0.2, 0) is 4.74 Å². The van der Waals surface area contributed by atoms with Gasteiger partial charge in [0.05, 0.1) is 29.0 Å². The second-order valence-electron chi connectivity index (χ2n) is 5.60. The average molecular weight is 299 g/mol. The first-order chi connectivity index (χ1) is 9.32. The number of halogens is 1. The number of aliphatic hydroxyl groups is 1. The molecule has 1 amide bonds. The Labute approximate surface area is 123 Å². The SMILES string of the molecule is CC1(C)CN(C(=O)c2ccc(N)c(Cl)c2)CC(CO)O1. The highest BCUT2D eigenvalue weighted by molar-refractivity contribution is 6.33. The fourth-order valence-electron chi connectivity index (χ4n) is 2.39. The van der Waals surface area contributed by atoms with Gasteiger partial charge in [0.25, 0.3) is 5.91 Å². The summed E-state index contributed by atoms with van der Waals surface area (Å²) in [7, 11) is 0. The lowest BCUT2D eigenvalue weighted by Gasteiger charge is -2.42. The van der Waals surface area contributed by atoms with Crippen molar-refractivity contribution in [3.8, 4) is 0 Å². The number of ether oxygens (including phenoxy) is 1. The van der Waals surface area contributed by atoms with Crippen LogP contribution >= 0.6 is 11.6 Å². The quantitative estimate of drug-likeness (QED) is 0.812. The number of carbonyl (C=O) groups excluding carboxylic acids is 1. The van der Waals surface area contributed by atoms with Crippen molar-refractivity contribution in [1.29, 1.82) is 0 Å². The molecule has 1 aromatic carbocycles. The van der Waals surface area contributed by atoms with Crippen molar-refractivity contribution in [2.45, 2.75) is 25.6 Å². The lowest BCUT2D eigenvalue weighted by Crippen LogP contribution is -2.55. The Morgan fingerprint density at radius 3 is 2.90 bits per heavy atom. The third-order valence-electron chi connectivity index (χ3n) is 3.22. The summed E-state index contributed by atoms with van der Waals surface area (Å²) in [4.78, 5) is 14.2. The van der Waals surface area contributed by atoms with Crippen LogP contribution in [0.1, 0.15) is 24.2 Å². The van der Waals surface area contributed by atoms with E-state index < -0.39 is 5.60 Å². The van der Waals surface area contributed by atoms with E-state index in [1.54, 1.807) is 23.1 Å². The van der Waals surface area contributed by atoms with Crippen LogP contribution in [-0.4, -0.2) is 47.3 Å². The van der Waals surface area contributed by atoms with Gasteiger partial charge >= 0.3 is 0 Å². The normalized spacial score (nSPS) is 21.8. The Bertz CT molecular complexity index is 519. The highest BCUT2D eigenvalue weighted by atomic mass is 35.5. The molecule has 1 aliphatic heterocycles. The number of rotatable bonds is 2. The molecule has 0 bridgehead atoms. The first-order valence-corrected chi connectivity index (χ1v) is 6.83. The summed E-state index contributed by atoms with van der Waals surface area (Å²) in [5.41, 5.74) is 6.08. The third kappa shape index (κ3) is 3.23. The van der Waals surface area contributed by atoms with Crippen molar-refractivity contribution in [1.82, 2.24) is 4.90 Å². The average Bonchev–Trinajstić information content (AvgIpc) is 2.39. The summed E-state index contributed by atoms with van der Waals surface area (Å²) in [6, 6.07) is 4.83. The molecule has 20 heavy (non-hydrogen) atoms. The number of morpholine rings is 1. The molecule has 1 fully saturated rings. The zero-order valence-corrected chi connectivity index (χ0v) is 12.4. The molecule has 1 aliphatic rings. The number of benzene rings is 1. The van der Waals surface area contributed by atoms with E-state index >= 15 is 0 Å². The standard InChI is InChI=1S/C14H19ClN2O3/c1-14(2)8-17(6-10(7-18)20-14)13(19)9-3-4-12(16)11(15)5-9/h3-5,10,18H,6-8,16H2,1-2H3. The summed E-state index contributed by atoms with van der Waals surface area (Å²) >= 11 is 5.95. The fourth-order valence-corrected chi connectivity index (χ4v) is 2.57. The van der Waals surface area contributed by atoms with Gasteiger partial charge in [-0.3, -0.25) is 4.79 Å². The molecular weight excluding hydrogens is 280 g/mol. The van der Waals surface area contributed by atoms with Crippen LogP contribution in [0, 0.1) is 0 Å². The highest BCUT2D eigenvalue weighted by Crippen LogP contribution is 2.25. The molecule has 1 aromatic rings. The first kappa shape index (κ1) is 15.1. The predicted molar refractivity (Wildman–Crippen MR) is 77.8 cm³/mol. The summed E-state index contributed by atoms with van der Waals surface area (Å²) in [6.45, 7) is 4.50. The van der Waals surface area contributed by atoms with E-state index in [-0.39, 0.29) is 18.6 Å². The fraction of sp³-hybridized carbons (Fsp3) is 0.500. The predicted octanol–water partition coefficient (Wildman–Crippen LogP) is 1.53. The van der Waals surface area contributed by atoms with Gasteiger partial charge in [-0.05, 0) is 32.0 Å². The molecule has 2 rings (SSSR count). The molecule has 0 aromatic heterocycles. The Morgan fingerprint density at radius 1 is 1.60 bits per heavy atom. The topological polar surface area (TPSA) is 75.8 Å². The van der Waals surface area contributed by atoms with Crippen molar-refractivity contribution >= 4 is 23.2 Å². The van der Waals surface area contributed by atoms with E-state index in [1.807, 2.05) is 13.8 Å². The van der Waals surface area contributed by atoms with Gasteiger partial charge in [-0.2, -0.15) is 0 Å². The molecule has 110 valence electrons. The number of amides is 1. The van der Waals surface area contributed by atoms with E-state index in [9.17, 15) is 9.90 Å². The monoisotopic (exact) mass is 298 g/mol. The zero-order valence-electron chi connectivity index (χ0n) is 11.6. The summed E-state index contributed by atoms with van der Waals surface area (Å²) in [5.74, 6) is -0.137. The summed E-state index contributed by atoms with van der Waals surface area (Å²) in [5, 5.41) is 9.64. The molecule has 0 radical (unpaired) electrons. The van der Waals surface area contributed by atoms with Crippen LogP contribution in [0.15, 0.2) is 18.2 Å². The minimum absolute atomic E-state index is 0.115. The minimum Gasteiger partial charge on any atom is -0.398 e. The molecule has 1 unspecified atom stereocenters. The van der Waals surface area contributed by atoms with Crippen molar-refractivity contribution in [2.24, 2.45) is 0 Å². The molecule has 5 nitrogen and oxygen atoms in total. The van der Waals surface area contributed by atoms with Gasteiger partial charge in [-0.15, -0.1) is 0 Å². The third-order valence-corrected chi connectivity index (χ3v) is 3.55. The van der Waals surface area contributed by atoms with E-state index in [1.165, 1.54) is 0 Å². The van der Waals surface area contributed by atoms with Gasteiger partial charge in [-0.1, -0.05) is 11.6 Å². The lowest BCUT2D eigenvalue weighted by molar-refractivity contribution is -0.139. The largest absolute Gasteiger partial charge is 0.398 e. The van der Waals surface area contributed by atoms with Crippen molar-refractivity contribution < 1.29 is 14.6 Å². The number of carbonyl (C=O) groups is 1. The molecule has 3 N–H and O–H groups in total.